The van der Waals surface area contributed by atoms with Crippen LogP contribution in [0.4, 0.5) is 5.69 Å². The lowest BCUT2D eigenvalue weighted by Gasteiger charge is -2.38. The van der Waals surface area contributed by atoms with E-state index >= 15 is 0 Å². The molecule has 3 aromatic carbocycles. The molecule has 0 saturated carbocycles. The molecule has 0 fully saturated rings. The Morgan fingerprint density at radius 2 is 1.73 bits per heavy atom. The van der Waals surface area contributed by atoms with Gasteiger partial charge in [-0.15, -0.1) is 0 Å². The fourth-order valence-electron chi connectivity index (χ4n) is 4.08. The van der Waals surface area contributed by atoms with Crippen LogP contribution in [0, 0.1) is 0 Å². The number of hydrazone groups is 1. The van der Waals surface area contributed by atoms with E-state index in [2.05, 4.69) is 41.3 Å². The van der Waals surface area contributed by atoms with Crippen molar-refractivity contribution in [3.05, 3.63) is 93.5 Å². The maximum absolute atomic E-state index is 6.54. The molecule has 30 heavy (non-hydrogen) atoms. The summed E-state index contributed by atoms with van der Waals surface area (Å²) in [5.74, 6) is 0.688. The summed E-state index contributed by atoms with van der Waals surface area (Å²) in [5, 5.41) is 8.16. The van der Waals surface area contributed by atoms with Gasteiger partial charge in [-0.25, -0.2) is 5.01 Å². The van der Waals surface area contributed by atoms with Crippen molar-refractivity contribution >= 4 is 34.6 Å². The average molecular weight is 438 g/mol. The molecule has 0 unspecified atom stereocenters. The van der Waals surface area contributed by atoms with Gasteiger partial charge in [0.15, 0.2) is 0 Å². The van der Waals surface area contributed by atoms with Crippen LogP contribution in [0.5, 0.6) is 5.75 Å². The van der Waals surface area contributed by atoms with E-state index in [4.69, 9.17) is 33.0 Å². The number of hydrogen-bond acceptors (Lipinski definition) is 4. The SMILES string of the molecule is CN(C)c1ccc([C@H]2Oc3c(Cl)cc(Cl)cc3[C@@H]3CC(c4ccccc4)=NN23)cc1. The topological polar surface area (TPSA) is 28.1 Å². The molecule has 2 aliphatic heterocycles. The lowest BCUT2D eigenvalue weighted by molar-refractivity contribution is -0.0189. The van der Waals surface area contributed by atoms with E-state index in [9.17, 15) is 0 Å². The highest BCUT2D eigenvalue weighted by molar-refractivity contribution is 6.35. The molecule has 0 spiro atoms. The lowest BCUT2D eigenvalue weighted by Crippen LogP contribution is -2.33. The summed E-state index contributed by atoms with van der Waals surface area (Å²) in [6.45, 7) is 0. The zero-order valence-electron chi connectivity index (χ0n) is 16.7. The van der Waals surface area contributed by atoms with Crippen LogP contribution >= 0.6 is 23.2 Å². The predicted octanol–water partition coefficient (Wildman–Crippen LogP) is 6.30. The Balaban J connectivity index is 1.60. The fraction of sp³-hybridized carbons (Fsp3) is 0.208. The van der Waals surface area contributed by atoms with Gasteiger partial charge >= 0.3 is 0 Å². The van der Waals surface area contributed by atoms with Crippen molar-refractivity contribution in [2.45, 2.75) is 18.7 Å². The third kappa shape index (κ3) is 3.30. The first-order valence-corrected chi connectivity index (χ1v) is 10.6. The van der Waals surface area contributed by atoms with Gasteiger partial charge in [-0.2, -0.15) is 5.10 Å². The van der Waals surface area contributed by atoms with Crippen LogP contribution in [0.3, 0.4) is 0 Å². The Kier molecular flexibility index (Phi) is 4.84. The van der Waals surface area contributed by atoms with Crippen molar-refractivity contribution < 1.29 is 4.74 Å². The van der Waals surface area contributed by atoms with E-state index in [0.29, 0.717) is 15.8 Å². The highest BCUT2D eigenvalue weighted by Gasteiger charge is 2.42. The van der Waals surface area contributed by atoms with Crippen LogP contribution < -0.4 is 9.64 Å². The smallest absolute Gasteiger partial charge is 0.213 e. The molecule has 2 aliphatic rings. The molecule has 4 nitrogen and oxygen atoms in total. The number of anilines is 1. The summed E-state index contributed by atoms with van der Waals surface area (Å²) < 4.78 is 6.42. The maximum atomic E-state index is 6.54. The van der Waals surface area contributed by atoms with Crippen LogP contribution in [0.25, 0.3) is 0 Å². The second kappa shape index (κ2) is 7.53. The number of rotatable bonds is 3. The second-order valence-corrected chi connectivity index (χ2v) is 8.62. The maximum Gasteiger partial charge on any atom is 0.213 e. The van der Waals surface area contributed by atoms with E-state index < -0.39 is 0 Å². The van der Waals surface area contributed by atoms with Crippen molar-refractivity contribution in [1.82, 2.24) is 5.01 Å². The third-order valence-corrected chi connectivity index (χ3v) is 6.11. The van der Waals surface area contributed by atoms with Gasteiger partial charge in [-0.05, 0) is 29.8 Å². The Hall–Kier alpha value is -2.69. The number of nitrogens with zero attached hydrogens (tertiary/aromatic N) is 3. The van der Waals surface area contributed by atoms with E-state index in [-0.39, 0.29) is 12.3 Å². The van der Waals surface area contributed by atoms with Crippen molar-refractivity contribution in [3.8, 4) is 5.75 Å². The minimum Gasteiger partial charge on any atom is -0.463 e. The summed E-state index contributed by atoms with van der Waals surface area (Å²) in [4.78, 5) is 2.07. The molecule has 6 heteroatoms. The Labute approximate surface area is 186 Å². The Bertz CT molecular complexity index is 1110. The number of fused-ring (bicyclic) bond motifs is 3. The number of benzene rings is 3. The van der Waals surface area contributed by atoms with Gasteiger partial charge in [0.25, 0.3) is 0 Å². The Morgan fingerprint density at radius 1 is 1.00 bits per heavy atom. The van der Waals surface area contributed by atoms with Crippen LogP contribution in [-0.4, -0.2) is 24.8 Å². The third-order valence-electron chi connectivity index (χ3n) is 5.61. The number of ether oxygens (including phenoxy) is 1. The number of hydrogen-bond donors (Lipinski definition) is 0. The molecule has 0 N–H and O–H groups in total. The summed E-state index contributed by atoms with van der Waals surface area (Å²) in [6.07, 6.45) is 0.405. The minimum absolute atomic E-state index is 0.0127. The van der Waals surface area contributed by atoms with Crippen molar-refractivity contribution in [3.63, 3.8) is 0 Å². The van der Waals surface area contributed by atoms with E-state index in [1.54, 1.807) is 6.07 Å². The van der Waals surface area contributed by atoms with Crippen molar-refractivity contribution in [2.24, 2.45) is 5.10 Å². The predicted molar refractivity (Wildman–Crippen MR) is 123 cm³/mol. The first-order chi connectivity index (χ1) is 14.5. The summed E-state index contributed by atoms with van der Waals surface area (Å²) in [7, 11) is 4.05. The minimum atomic E-state index is -0.362. The Morgan fingerprint density at radius 3 is 2.43 bits per heavy atom. The molecule has 2 heterocycles. The molecule has 0 aliphatic carbocycles. The molecule has 0 saturated heterocycles. The van der Waals surface area contributed by atoms with E-state index in [1.165, 1.54) is 0 Å². The van der Waals surface area contributed by atoms with Gasteiger partial charge in [0.05, 0.1) is 16.8 Å². The molecule has 2 atom stereocenters. The molecule has 0 bridgehead atoms. The number of halogens is 2. The molecule has 152 valence electrons. The molecule has 0 aromatic heterocycles. The fourth-order valence-corrected chi connectivity index (χ4v) is 4.63. The summed E-state index contributed by atoms with van der Waals surface area (Å²) in [5.41, 5.74) is 5.28. The van der Waals surface area contributed by atoms with Gasteiger partial charge in [-0.3, -0.25) is 0 Å². The second-order valence-electron chi connectivity index (χ2n) is 7.77. The molecular formula is C24H21Cl2N3O. The standard InChI is InChI=1S/C24H21Cl2N3O/c1-28(2)18-10-8-16(9-11-18)24-29-22(14-21(27-29)15-6-4-3-5-7-15)19-12-17(25)13-20(26)23(19)30-24/h3-13,22,24H,14H2,1-2H3/t22-,24+/m0/s1. The molecular weight excluding hydrogens is 417 g/mol. The van der Waals surface area contributed by atoms with Gasteiger partial charge in [0.1, 0.15) is 5.75 Å². The molecule has 5 rings (SSSR count). The molecule has 0 radical (unpaired) electrons. The average Bonchev–Trinajstić information content (AvgIpc) is 3.20. The highest BCUT2D eigenvalue weighted by Crippen LogP contribution is 2.50. The first-order valence-electron chi connectivity index (χ1n) is 9.85. The van der Waals surface area contributed by atoms with Crippen LogP contribution in [0.15, 0.2) is 71.8 Å². The van der Waals surface area contributed by atoms with Gasteiger partial charge < -0.3 is 9.64 Å². The van der Waals surface area contributed by atoms with Gasteiger partial charge in [0.2, 0.25) is 6.23 Å². The zero-order chi connectivity index (χ0) is 20.8. The van der Waals surface area contributed by atoms with Crippen LogP contribution in [0.2, 0.25) is 10.0 Å². The normalized spacial score (nSPS) is 19.6. The quantitative estimate of drug-likeness (QED) is 0.480. The van der Waals surface area contributed by atoms with Crippen LogP contribution in [0.1, 0.15) is 35.4 Å². The van der Waals surface area contributed by atoms with Crippen molar-refractivity contribution in [2.75, 3.05) is 19.0 Å². The monoisotopic (exact) mass is 437 g/mol. The molecule has 3 aromatic rings. The first kappa shape index (κ1) is 19.3. The van der Waals surface area contributed by atoms with E-state index in [0.717, 1.165) is 34.5 Å². The van der Waals surface area contributed by atoms with E-state index in [1.807, 2.05) is 43.4 Å². The largest absolute Gasteiger partial charge is 0.463 e. The van der Waals surface area contributed by atoms with Gasteiger partial charge in [-0.1, -0.05) is 65.7 Å². The van der Waals surface area contributed by atoms with Gasteiger partial charge in [0, 0.05) is 42.4 Å². The summed E-state index contributed by atoms with van der Waals surface area (Å²) in [6, 6.07) is 22.3. The van der Waals surface area contributed by atoms with Crippen molar-refractivity contribution in [1.29, 1.82) is 0 Å². The lowest BCUT2D eigenvalue weighted by atomic mass is 9.96. The van der Waals surface area contributed by atoms with Crippen LogP contribution in [-0.2, 0) is 0 Å². The zero-order valence-corrected chi connectivity index (χ0v) is 18.2. The molecule has 0 amide bonds. The summed E-state index contributed by atoms with van der Waals surface area (Å²) >= 11 is 12.9. The highest BCUT2D eigenvalue weighted by atomic mass is 35.5.